The molecule has 1 heterocycles. The SMILES string of the molecule is Cc1cccc(OCCCNC(=O)c2ccc(COc3ccc(F)cc3)o2)c1. The lowest BCUT2D eigenvalue weighted by Gasteiger charge is -2.07. The van der Waals surface area contributed by atoms with Crippen molar-refractivity contribution in [1.82, 2.24) is 5.32 Å². The molecule has 0 aliphatic heterocycles. The molecule has 3 aromatic rings. The number of carbonyl (C=O) groups is 1. The summed E-state index contributed by atoms with van der Waals surface area (Å²) in [6.07, 6.45) is 0.681. The summed E-state index contributed by atoms with van der Waals surface area (Å²) in [6.45, 7) is 3.16. The summed E-state index contributed by atoms with van der Waals surface area (Å²) in [6, 6.07) is 16.8. The van der Waals surface area contributed by atoms with Crippen LogP contribution in [0.25, 0.3) is 0 Å². The summed E-state index contributed by atoms with van der Waals surface area (Å²) < 4.78 is 29.5. The van der Waals surface area contributed by atoms with E-state index in [1.54, 1.807) is 12.1 Å². The third-order valence-corrected chi connectivity index (χ3v) is 3.95. The molecule has 2 aromatic carbocycles. The fraction of sp³-hybridized carbons (Fsp3) is 0.227. The predicted molar refractivity (Wildman–Crippen MR) is 103 cm³/mol. The summed E-state index contributed by atoms with van der Waals surface area (Å²) >= 11 is 0. The highest BCUT2D eigenvalue weighted by molar-refractivity contribution is 5.91. The summed E-state index contributed by atoms with van der Waals surface area (Å²) in [5.74, 6) is 1.47. The molecule has 0 aliphatic carbocycles. The molecule has 1 N–H and O–H groups in total. The van der Waals surface area contributed by atoms with Crippen molar-refractivity contribution in [3.8, 4) is 11.5 Å². The number of benzene rings is 2. The van der Waals surface area contributed by atoms with Gasteiger partial charge in [0.15, 0.2) is 5.76 Å². The van der Waals surface area contributed by atoms with Gasteiger partial charge in [-0.3, -0.25) is 4.79 Å². The van der Waals surface area contributed by atoms with Crippen molar-refractivity contribution in [3.63, 3.8) is 0 Å². The molecular weight excluding hydrogens is 361 g/mol. The Kier molecular flexibility index (Phi) is 6.68. The first-order valence-corrected chi connectivity index (χ1v) is 9.05. The van der Waals surface area contributed by atoms with E-state index in [9.17, 15) is 9.18 Å². The second-order valence-corrected chi connectivity index (χ2v) is 6.28. The molecule has 1 aromatic heterocycles. The summed E-state index contributed by atoms with van der Waals surface area (Å²) in [5.41, 5.74) is 1.14. The van der Waals surface area contributed by atoms with Crippen LogP contribution in [0.15, 0.2) is 65.1 Å². The molecule has 5 nitrogen and oxygen atoms in total. The Morgan fingerprint density at radius 3 is 2.64 bits per heavy atom. The van der Waals surface area contributed by atoms with E-state index >= 15 is 0 Å². The normalized spacial score (nSPS) is 10.5. The van der Waals surface area contributed by atoms with Crippen LogP contribution in [-0.4, -0.2) is 19.1 Å². The third kappa shape index (κ3) is 5.87. The van der Waals surface area contributed by atoms with E-state index in [4.69, 9.17) is 13.9 Å². The van der Waals surface area contributed by atoms with Crippen LogP contribution in [0.3, 0.4) is 0 Å². The van der Waals surface area contributed by atoms with Gasteiger partial charge >= 0.3 is 0 Å². The minimum Gasteiger partial charge on any atom is -0.494 e. The highest BCUT2D eigenvalue weighted by Crippen LogP contribution is 2.15. The number of rotatable bonds is 9. The maximum atomic E-state index is 12.9. The predicted octanol–water partition coefficient (Wildman–Crippen LogP) is 4.51. The first kappa shape index (κ1) is 19.5. The molecule has 0 saturated carbocycles. The molecule has 0 radical (unpaired) electrons. The maximum Gasteiger partial charge on any atom is 0.286 e. The van der Waals surface area contributed by atoms with Crippen LogP contribution in [0.5, 0.6) is 11.5 Å². The minimum absolute atomic E-state index is 0.156. The number of hydrogen-bond donors (Lipinski definition) is 1. The summed E-state index contributed by atoms with van der Waals surface area (Å²) in [4.78, 5) is 12.1. The summed E-state index contributed by atoms with van der Waals surface area (Å²) in [5, 5.41) is 2.79. The fourth-order valence-electron chi connectivity index (χ4n) is 2.52. The Labute approximate surface area is 163 Å². The Morgan fingerprint density at radius 1 is 1.04 bits per heavy atom. The molecular formula is C22H22FNO4. The van der Waals surface area contributed by atoms with E-state index in [-0.39, 0.29) is 24.1 Å². The number of carbonyl (C=O) groups excluding carboxylic acids is 1. The number of ether oxygens (including phenoxy) is 2. The molecule has 0 atom stereocenters. The van der Waals surface area contributed by atoms with E-state index in [1.165, 1.54) is 24.3 Å². The molecule has 0 unspecified atom stereocenters. The van der Waals surface area contributed by atoms with Crippen molar-refractivity contribution in [3.05, 3.63) is 83.6 Å². The molecule has 0 saturated heterocycles. The lowest BCUT2D eigenvalue weighted by atomic mass is 10.2. The van der Waals surface area contributed by atoms with Gasteiger partial charge in [-0.05, 0) is 67.4 Å². The Balaban J connectivity index is 1.37. The van der Waals surface area contributed by atoms with Crippen LogP contribution >= 0.6 is 0 Å². The lowest BCUT2D eigenvalue weighted by molar-refractivity contribution is 0.0919. The average molecular weight is 383 g/mol. The average Bonchev–Trinajstić information content (AvgIpc) is 3.16. The van der Waals surface area contributed by atoms with Gasteiger partial charge in [-0.2, -0.15) is 0 Å². The van der Waals surface area contributed by atoms with E-state index in [0.717, 1.165) is 11.3 Å². The summed E-state index contributed by atoms with van der Waals surface area (Å²) in [7, 11) is 0. The second kappa shape index (κ2) is 9.60. The number of hydrogen-bond acceptors (Lipinski definition) is 4. The number of aryl methyl sites for hydroxylation is 1. The molecule has 3 rings (SSSR count). The van der Waals surface area contributed by atoms with Crippen molar-refractivity contribution in [2.24, 2.45) is 0 Å². The lowest BCUT2D eigenvalue weighted by Crippen LogP contribution is -2.25. The first-order valence-electron chi connectivity index (χ1n) is 9.05. The van der Waals surface area contributed by atoms with Crippen molar-refractivity contribution in [2.75, 3.05) is 13.2 Å². The number of amides is 1. The number of nitrogens with one attached hydrogen (secondary N) is 1. The zero-order valence-electron chi connectivity index (χ0n) is 15.6. The second-order valence-electron chi connectivity index (χ2n) is 6.28. The molecule has 6 heteroatoms. The van der Waals surface area contributed by atoms with Crippen molar-refractivity contribution in [1.29, 1.82) is 0 Å². The van der Waals surface area contributed by atoms with Crippen molar-refractivity contribution in [2.45, 2.75) is 20.0 Å². The van der Waals surface area contributed by atoms with Gasteiger partial charge in [-0.25, -0.2) is 4.39 Å². The zero-order chi connectivity index (χ0) is 19.8. The van der Waals surface area contributed by atoms with E-state index in [1.807, 2.05) is 31.2 Å². The van der Waals surface area contributed by atoms with Gasteiger partial charge in [-0.15, -0.1) is 0 Å². The molecule has 0 bridgehead atoms. The smallest absolute Gasteiger partial charge is 0.286 e. The molecule has 1 amide bonds. The largest absolute Gasteiger partial charge is 0.494 e. The fourth-order valence-corrected chi connectivity index (χ4v) is 2.52. The quantitative estimate of drug-likeness (QED) is 0.553. The Bertz CT molecular complexity index is 905. The van der Waals surface area contributed by atoms with E-state index in [0.29, 0.717) is 31.1 Å². The van der Waals surface area contributed by atoms with Gasteiger partial charge < -0.3 is 19.2 Å². The maximum absolute atomic E-state index is 12.9. The van der Waals surface area contributed by atoms with Gasteiger partial charge in [0.1, 0.15) is 29.7 Å². The van der Waals surface area contributed by atoms with Crippen LogP contribution in [-0.2, 0) is 6.61 Å². The van der Waals surface area contributed by atoms with E-state index < -0.39 is 0 Å². The van der Waals surface area contributed by atoms with Gasteiger partial charge in [0.2, 0.25) is 0 Å². The number of halogens is 1. The van der Waals surface area contributed by atoms with Crippen LogP contribution in [0.2, 0.25) is 0 Å². The van der Waals surface area contributed by atoms with Gasteiger partial charge in [0.25, 0.3) is 5.91 Å². The van der Waals surface area contributed by atoms with Crippen molar-refractivity contribution < 1.29 is 23.1 Å². The van der Waals surface area contributed by atoms with Gasteiger partial charge in [0.05, 0.1) is 6.61 Å². The number of furan rings is 1. The van der Waals surface area contributed by atoms with E-state index in [2.05, 4.69) is 5.32 Å². The van der Waals surface area contributed by atoms with Crippen LogP contribution < -0.4 is 14.8 Å². The Hall–Kier alpha value is -3.28. The molecule has 0 aliphatic rings. The van der Waals surface area contributed by atoms with Crippen molar-refractivity contribution >= 4 is 5.91 Å². The van der Waals surface area contributed by atoms with Gasteiger partial charge in [-0.1, -0.05) is 12.1 Å². The van der Waals surface area contributed by atoms with Crippen LogP contribution in [0, 0.1) is 12.7 Å². The van der Waals surface area contributed by atoms with Crippen LogP contribution in [0.1, 0.15) is 28.3 Å². The highest BCUT2D eigenvalue weighted by Gasteiger charge is 2.11. The highest BCUT2D eigenvalue weighted by atomic mass is 19.1. The standard InChI is InChI=1S/C22H22FNO4/c1-16-4-2-5-19(14-16)26-13-3-12-24-22(25)21-11-10-20(28-21)15-27-18-8-6-17(23)7-9-18/h2,4-11,14H,3,12-13,15H2,1H3,(H,24,25). The van der Waals surface area contributed by atoms with Gasteiger partial charge in [0, 0.05) is 6.54 Å². The first-order chi connectivity index (χ1) is 13.6. The zero-order valence-corrected chi connectivity index (χ0v) is 15.6. The Morgan fingerprint density at radius 2 is 1.86 bits per heavy atom. The third-order valence-electron chi connectivity index (χ3n) is 3.95. The molecule has 28 heavy (non-hydrogen) atoms. The molecule has 146 valence electrons. The molecule has 0 fully saturated rings. The topological polar surface area (TPSA) is 60.7 Å². The minimum atomic E-state index is -0.325. The van der Waals surface area contributed by atoms with Crippen LogP contribution in [0.4, 0.5) is 4.39 Å². The monoisotopic (exact) mass is 383 g/mol. The molecule has 0 spiro atoms.